The molecule has 0 radical (unpaired) electrons. The smallest absolute Gasteiger partial charge is 0.193 e. The van der Waals surface area contributed by atoms with E-state index in [1.54, 1.807) is 0 Å². The van der Waals surface area contributed by atoms with Crippen LogP contribution in [0.15, 0.2) is 36.4 Å². The lowest BCUT2D eigenvalue weighted by Gasteiger charge is -2.17. The highest BCUT2D eigenvalue weighted by atomic mass is 16.5. The van der Waals surface area contributed by atoms with Crippen molar-refractivity contribution >= 4 is 5.78 Å². The van der Waals surface area contributed by atoms with Gasteiger partial charge in [-0.1, -0.05) is 23.8 Å². The van der Waals surface area contributed by atoms with Crippen LogP contribution < -0.4 is 4.74 Å². The van der Waals surface area contributed by atoms with Crippen LogP contribution in [0.25, 0.3) is 0 Å². The highest BCUT2D eigenvalue weighted by molar-refractivity contribution is 6.10. The molecule has 0 N–H and O–H groups in total. The summed E-state index contributed by atoms with van der Waals surface area (Å²) in [6.45, 7) is 4.80. The summed E-state index contributed by atoms with van der Waals surface area (Å²) in [5.41, 5.74) is 4.89. The number of hydrogen-bond acceptors (Lipinski definition) is 2. The number of carbonyl (C=O) groups excluding carboxylic acids is 1. The van der Waals surface area contributed by atoms with E-state index >= 15 is 0 Å². The number of hydrogen-bond donors (Lipinski definition) is 0. The van der Waals surface area contributed by atoms with Gasteiger partial charge in [-0.15, -0.1) is 0 Å². The number of rotatable bonds is 2. The minimum absolute atomic E-state index is 0.0934. The lowest BCUT2D eigenvalue weighted by atomic mass is 9.95. The number of carbonyl (C=O) groups is 1. The quantitative estimate of drug-likeness (QED) is 0.771. The molecule has 0 aliphatic carbocycles. The fourth-order valence-electron chi connectivity index (χ4n) is 2.73. The third-order valence-corrected chi connectivity index (χ3v) is 3.80. The van der Waals surface area contributed by atoms with Crippen molar-refractivity contribution in [2.45, 2.75) is 26.7 Å². The standard InChI is InChI=1S/C18H18O2/c1-12-5-7-16(13(2)10-12)18(19)15-6-8-17-14(11-15)4-3-9-20-17/h5-8,10-11H,3-4,9H2,1-2H3. The van der Waals surface area contributed by atoms with Gasteiger partial charge in [0.25, 0.3) is 0 Å². The summed E-state index contributed by atoms with van der Waals surface area (Å²) in [6, 6.07) is 11.7. The van der Waals surface area contributed by atoms with E-state index in [9.17, 15) is 4.79 Å². The first-order valence-electron chi connectivity index (χ1n) is 7.03. The lowest BCUT2D eigenvalue weighted by Crippen LogP contribution is -2.10. The Morgan fingerprint density at radius 2 is 1.95 bits per heavy atom. The lowest BCUT2D eigenvalue weighted by molar-refractivity contribution is 0.103. The summed E-state index contributed by atoms with van der Waals surface area (Å²) in [5, 5.41) is 0. The molecule has 20 heavy (non-hydrogen) atoms. The summed E-state index contributed by atoms with van der Waals surface area (Å²) in [6.07, 6.45) is 2.01. The average molecular weight is 266 g/mol. The molecule has 0 spiro atoms. The molecule has 2 heteroatoms. The van der Waals surface area contributed by atoms with Gasteiger partial charge < -0.3 is 4.74 Å². The second-order valence-electron chi connectivity index (χ2n) is 5.42. The van der Waals surface area contributed by atoms with Crippen LogP contribution in [0, 0.1) is 13.8 Å². The van der Waals surface area contributed by atoms with E-state index in [1.165, 1.54) is 5.56 Å². The molecule has 0 bridgehead atoms. The van der Waals surface area contributed by atoms with E-state index in [-0.39, 0.29) is 5.78 Å². The number of ether oxygens (including phenoxy) is 1. The summed E-state index contributed by atoms with van der Waals surface area (Å²) in [4.78, 5) is 12.6. The van der Waals surface area contributed by atoms with E-state index in [2.05, 4.69) is 6.07 Å². The number of benzene rings is 2. The van der Waals surface area contributed by atoms with Crippen molar-refractivity contribution in [2.75, 3.05) is 6.61 Å². The first-order valence-corrected chi connectivity index (χ1v) is 7.03. The summed E-state index contributed by atoms with van der Waals surface area (Å²) < 4.78 is 5.59. The third kappa shape index (κ3) is 2.34. The fraction of sp³-hybridized carbons (Fsp3) is 0.278. The van der Waals surface area contributed by atoms with Gasteiger partial charge in [0.05, 0.1) is 6.61 Å². The highest BCUT2D eigenvalue weighted by Gasteiger charge is 2.16. The zero-order valence-electron chi connectivity index (χ0n) is 11.9. The largest absolute Gasteiger partial charge is 0.493 e. The van der Waals surface area contributed by atoms with Crippen molar-refractivity contribution in [3.05, 3.63) is 64.2 Å². The van der Waals surface area contributed by atoms with Gasteiger partial charge in [0, 0.05) is 11.1 Å². The van der Waals surface area contributed by atoms with Gasteiger partial charge in [0.15, 0.2) is 5.78 Å². The Bertz CT molecular complexity index is 671. The van der Waals surface area contributed by atoms with Crippen molar-refractivity contribution in [2.24, 2.45) is 0 Å². The molecule has 0 unspecified atom stereocenters. The van der Waals surface area contributed by atoms with Crippen LogP contribution in [-0.2, 0) is 6.42 Å². The average Bonchev–Trinajstić information content (AvgIpc) is 2.46. The molecular formula is C18H18O2. The van der Waals surface area contributed by atoms with Gasteiger partial charge in [-0.3, -0.25) is 4.79 Å². The minimum atomic E-state index is 0.0934. The predicted octanol–water partition coefficient (Wildman–Crippen LogP) is 3.86. The van der Waals surface area contributed by atoms with Gasteiger partial charge in [-0.2, -0.15) is 0 Å². The number of aryl methyl sites for hydroxylation is 3. The van der Waals surface area contributed by atoms with Crippen LogP contribution in [0.3, 0.4) is 0 Å². The number of fused-ring (bicyclic) bond motifs is 1. The van der Waals surface area contributed by atoms with E-state index < -0.39 is 0 Å². The molecule has 0 saturated carbocycles. The maximum atomic E-state index is 12.6. The zero-order valence-corrected chi connectivity index (χ0v) is 11.9. The van der Waals surface area contributed by atoms with E-state index in [0.29, 0.717) is 0 Å². The van der Waals surface area contributed by atoms with Crippen LogP contribution in [0.1, 0.15) is 39.0 Å². The second-order valence-corrected chi connectivity index (χ2v) is 5.42. The molecule has 2 aromatic carbocycles. The molecule has 102 valence electrons. The molecular weight excluding hydrogens is 248 g/mol. The monoisotopic (exact) mass is 266 g/mol. The summed E-state index contributed by atoms with van der Waals surface area (Å²) >= 11 is 0. The van der Waals surface area contributed by atoms with Gasteiger partial charge >= 0.3 is 0 Å². The Hall–Kier alpha value is -2.09. The maximum absolute atomic E-state index is 12.6. The van der Waals surface area contributed by atoms with E-state index in [4.69, 9.17) is 4.74 Å². The molecule has 1 aliphatic heterocycles. The van der Waals surface area contributed by atoms with Gasteiger partial charge in [-0.05, 0) is 56.0 Å². The van der Waals surface area contributed by atoms with Crippen molar-refractivity contribution in [1.82, 2.24) is 0 Å². The van der Waals surface area contributed by atoms with E-state index in [1.807, 2.05) is 44.2 Å². The van der Waals surface area contributed by atoms with Crippen molar-refractivity contribution < 1.29 is 9.53 Å². The van der Waals surface area contributed by atoms with Crippen LogP contribution in [0.5, 0.6) is 5.75 Å². The van der Waals surface area contributed by atoms with Gasteiger partial charge in [-0.25, -0.2) is 0 Å². The second kappa shape index (κ2) is 5.12. The molecule has 0 fully saturated rings. The maximum Gasteiger partial charge on any atom is 0.193 e. The molecule has 2 nitrogen and oxygen atoms in total. The minimum Gasteiger partial charge on any atom is -0.493 e. The van der Waals surface area contributed by atoms with Crippen molar-refractivity contribution in [1.29, 1.82) is 0 Å². The summed E-state index contributed by atoms with van der Waals surface area (Å²) in [7, 11) is 0. The Morgan fingerprint density at radius 1 is 1.10 bits per heavy atom. The predicted molar refractivity (Wildman–Crippen MR) is 79.6 cm³/mol. The first-order chi connectivity index (χ1) is 9.65. The molecule has 1 heterocycles. The molecule has 0 aromatic heterocycles. The van der Waals surface area contributed by atoms with Crippen LogP contribution in [0.2, 0.25) is 0 Å². The van der Waals surface area contributed by atoms with E-state index in [0.717, 1.165) is 47.5 Å². The Labute approximate surface area is 119 Å². The summed E-state index contributed by atoms with van der Waals surface area (Å²) in [5.74, 6) is 1.02. The topological polar surface area (TPSA) is 26.3 Å². The normalized spacial score (nSPS) is 13.5. The SMILES string of the molecule is Cc1ccc(C(=O)c2ccc3c(c2)CCCO3)c(C)c1. The van der Waals surface area contributed by atoms with Crippen LogP contribution in [-0.4, -0.2) is 12.4 Å². The fourth-order valence-corrected chi connectivity index (χ4v) is 2.73. The Morgan fingerprint density at radius 3 is 2.75 bits per heavy atom. The van der Waals surface area contributed by atoms with Crippen molar-refractivity contribution in [3.8, 4) is 5.75 Å². The Balaban J connectivity index is 1.98. The molecule has 0 saturated heterocycles. The van der Waals surface area contributed by atoms with Crippen LogP contribution >= 0.6 is 0 Å². The molecule has 0 amide bonds. The number of ketones is 1. The molecule has 2 aromatic rings. The first kappa shape index (κ1) is 12.9. The molecule has 0 atom stereocenters. The zero-order chi connectivity index (χ0) is 14.1. The van der Waals surface area contributed by atoms with Crippen LogP contribution in [0.4, 0.5) is 0 Å². The highest BCUT2D eigenvalue weighted by Crippen LogP contribution is 2.27. The Kier molecular flexibility index (Phi) is 3.31. The molecule has 1 aliphatic rings. The molecule has 3 rings (SSSR count). The van der Waals surface area contributed by atoms with Gasteiger partial charge in [0.1, 0.15) is 5.75 Å². The van der Waals surface area contributed by atoms with Crippen molar-refractivity contribution in [3.63, 3.8) is 0 Å². The third-order valence-electron chi connectivity index (χ3n) is 3.80. The van der Waals surface area contributed by atoms with Gasteiger partial charge in [0.2, 0.25) is 0 Å².